The fourth-order valence-corrected chi connectivity index (χ4v) is 3.73. The molecule has 0 saturated carbocycles. The summed E-state index contributed by atoms with van der Waals surface area (Å²) in [4.78, 5) is 11.3. The van der Waals surface area contributed by atoms with Crippen molar-refractivity contribution in [3.63, 3.8) is 0 Å². The third-order valence-corrected chi connectivity index (χ3v) is 5.08. The second kappa shape index (κ2) is 7.27. The van der Waals surface area contributed by atoms with E-state index in [1.165, 1.54) is 27.9 Å². The summed E-state index contributed by atoms with van der Waals surface area (Å²) in [6.07, 6.45) is 0. The SMILES string of the molecule is CCn1c2ccccc2c2cc(CNc3cc(C(=O)O)ccc3OC)ccc21. The van der Waals surface area contributed by atoms with Gasteiger partial charge in [0.15, 0.2) is 0 Å². The molecule has 5 nitrogen and oxygen atoms in total. The first-order valence-electron chi connectivity index (χ1n) is 9.27. The van der Waals surface area contributed by atoms with E-state index in [1.54, 1.807) is 19.2 Å². The molecule has 0 aliphatic carbocycles. The molecule has 0 spiro atoms. The molecule has 3 aromatic carbocycles. The molecule has 0 atom stereocenters. The largest absolute Gasteiger partial charge is 0.495 e. The first-order chi connectivity index (χ1) is 13.6. The Kier molecular flexibility index (Phi) is 4.65. The second-order valence-electron chi connectivity index (χ2n) is 6.69. The number of carbonyl (C=O) groups is 1. The molecule has 0 bridgehead atoms. The van der Waals surface area contributed by atoms with E-state index in [0.717, 1.165) is 12.1 Å². The number of para-hydroxylation sites is 1. The minimum absolute atomic E-state index is 0.227. The standard InChI is InChI=1S/C23H22N2O3/c1-3-25-20-7-5-4-6-17(20)18-12-15(8-10-21(18)25)14-24-19-13-16(23(26)27)9-11-22(19)28-2/h4-13,24H,3,14H2,1-2H3,(H,26,27). The van der Waals surface area contributed by atoms with Crippen molar-refractivity contribution in [1.29, 1.82) is 0 Å². The van der Waals surface area contributed by atoms with Crippen molar-refractivity contribution in [3.05, 3.63) is 71.8 Å². The number of carboxylic acids is 1. The first-order valence-corrected chi connectivity index (χ1v) is 9.27. The molecule has 4 aromatic rings. The van der Waals surface area contributed by atoms with Crippen LogP contribution in [0.15, 0.2) is 60.7 Å². The Hall–Kier alpha value is -3.47. The second-order valence-corrected chi connectivity index (χ2v) is 6.69. The average molecular weight is 374 g/mol. The zero-order chi connectivity index (χ0) is 19.7. The van der Waals surface area contributed by atoms with E-state index in [-0.39, 0.29) is 5.56 Å². The van der Waals surface area contributed by atoms with Crippen molar-refractivity contribution in [1.82, 2.24) is 4.57 Å². The number of nitrogens with one attached hydrogen (secondary N) is 1. The molecule has 0 fully saturated rings. The molecule has 0 radical (unpaired) electrons. The fraction of sp³-hybridized carbons (Fsp3) is 0.174. The van der Waals surface area contributed by atoms with Crippen molar-refractivity contribution in [2.75, 3.05) is 12.4 Å². The predicted octanol–water partition coefficient (Wildman–Crippen LogP) is 5.13. The Balaban J connectivity index is 1.69. The van der Waals surface area contributed by atoms with Gasteiger partial charge in [-0.15, -0.1) is 0 Å². The number of nitrogens with zero attached hydrogens (tertiary/aromatic N) is 1. The maximum Gasteiger partial charge on any atom is 0.335 e. The highest BCUT2D eigenvalue weighted by Gasteiger charge is 2.11. The highest BCUT2D eigenvalue weighted by Crippen LogP contribution is 2.31. The van der Waals surface area contributed by atoms with Crippen molar-refractivity contribution < 1.29 is 14.6 Å². The summed E-state index contributed by atoms with van der Waals surface area (Å²) in [6, 6.07) is 19.7. The van der Waals surface area contributed by atoms with Gasteiger partial charge in [0.05, 0.1) is 18.4 Å². The van der Waals surface area contributed by atoms with Gasteiger partial charge in [-0.25, -0.2) is 4.79 Å². The minimum Gasteiger partial charge on any atom is -0.495 e. The van der Waals surface area contributed by atoms with E-state index in [2.05, 4.69) is 59.3 Å². The summed E-state index contributed by atoms with van der Waals surface area (Å²) in [7, 11) is 1.58. The van der Waals surface area contributed by atoms with Crippen LogP contribution in [0.2, 0.25) is 0 Å². The van der Waals surface area contributed by atoms with Crippen LogP contribution in [0.4, 0.5) is 5.69 Å². The molecule has 142 valence electrons. The molecular formula is C23H22N2O3. The molecule has 2 N–H and O–H groups in total. The molecule has 0 aliphatic heterocycles. The van der Waals surface area contributed by atoms with Crippen molar-refractivity contribution in [3.8, 4) is 5.75 Å². The normalized spacial score (nSPS) is 11.1. The van der Waals surface area contributed by atoms with Crippen LogP contribution in [-0.4, -0.2) is 22.8 Å². The molecule has 0 saturated heterocycles. The molecule has 1 heterocycles. The summed E-state index contributed by atoms with van der Waals surface area (Å²) in [5.74, 6) is -0.340. The van der Waals surface area contributed by atoms with E-state index >= 15 is 0 Å². The fourth-order valence-electron chi connectivity index (χ4n) is 3.73. The van der Waals surface area contributed by atoms with Gasteiger partial charge in [0, 0.05) is 34.9 Å². The molecular weight excluding hydrogens is 352 g/mol. The number of benzene rings is 3. The molecule has 28 heavy (non-hydrogen) atoms. The van der Waals surface area contributed by atoms with E-state index < -0.39 is 5.97 Å². The first kappa shape index (κ1) is 17.9. The zero-order valence-electron chi connectivity index (χ0n) is 15.9. The van der Waals surface area contributed by atoms with Crippen molar-refractivity contribution in [2.45, 2.75) is 20.0 Å². The van der Waals surface area contributed by atoms with Crippen LogP contribution in [0, 0.1) is 0 Å². The summed E-state index contributed by atoms with van der Waals surface area (Å²) in [5, 5.41) is 15.0. The van der Waals surface area contributed by atoms with Gasteiger partial charge in [-0.05, 0) is 48.9 Å². The van der Waals surface area contributed by atoms with Gasteiger partial charge in [-0.3, -0.25) is 0 Å². The van der Waals surface area contributed by atoms with Gasteiger partial charge in [0.1, 0.15) is 5.75 Å². The Bertz CT molecular complexity index is 1180. The van der Waals surface area contributed by atoms with Gasteiger partial charge >= 0.3 is 5.97 Å². The highest BCUT2D eigenvalue weighted by molar-refractivity contribution is 6.08. The third kappa shape index (κ3) is 3.05. The number of hydrogen-bond acceptors (Lipinski definition) is 3. The van der Waals surface area contributed by atoms with Crippen LogP contribution in [0.25, 0.3) is 21.8 Å². The maximum absolute atomic E-state index is 11.3. The Morgan fingerprint density at radius 1 is 1.04 bits per heavy atom. The van der Waals surface area contributed by atoms with Crippen LogP contribution in [0.3, 0.4) is 0 Å². The number of anilines is 1. The predicted molar refractivity (Wildman–Crippen MR) is 112 cm³/mol. The van der Waals surface area contributed by atoms with Gasteiger partial charge < -0.3 is 19.7 Å². The molecule has 0 amide bonds. The molecule has 1 aromatic heterocycles. The van der Waals surface area contributed by atoms with Crippen LogP contribution < -0.4 is 10.1 Å². The van der Waals surface area contributed by atoms with E-state index in [9.17, 15) is 9.90 Å². The number of carboxylic acid groups (broad SMARTS) is 1. The minimum atomic E-state index is -0.959. The lowest BCUT2D eigenvalue weighted by atomic mass is 10.1. The number of ether oxygens (including phenoxy) is 1. The van der Waals surface area contributed by atoms with Gasteiger partial charge in [0.25, 0.3) is 0 Å². The molecule has 0 unspecified atom stereocenters. The quantitative estimate of drug-likeness (QED) is 0.491. The van der Waals surface area contributed by atoms with Gasteiger partial charge in [-0.2, -0.15) is 0 Å². The van der Waals surface area contributed by atoms with Gasteiger partial charge in [0.2, 0.25) is 0 Å². The van der Waals surface area contributed by atoms with Crippen LogP contribution in [-0.2, 0) is 13.1 Å². The summed E-state index contributed by atoms with van der Waals surface area (Å²) in [6.45, 7) is 3.64. The van der Waals surface area contributed by atoms with Crippen LogP contribution >= 0.6 is 0 Å². The van der Waals surface area contributed by atoms with Gasteiger partial charge in [-0.1, -0.05) is 24.3 Å². The summed E-state index contributed by atoms with van der Waals surface area (Å²) in [5.41, 5.74) is 4.47. The maximum atomic E-state index is 11.3. The number of fused-ring (bicyclic) bond motifs is 3. The van der Waals surface area contributed by atoms with Crippen molar-refractivity contribution >= 4 is 33.5 Å². The summed E-state index contributed by atoms with van der Waals surface area (Å²) >= 11 is 0. The van der Waals surface area contributed by atoms with Crippen LogP contribution in [0.1, 0.15) is 22.8 Å². The van der Waals surface area contributed by atoms with E-state index in [4.69, 9.17) is 4.74 Å². The van der Waals surface area contributed by atoms with E-state index in [0.29, 0.717) is 18.0 Å². The number of aromatic nitrogens is 1. The Morgan fingerprint density at radius 3 is 2.57 bits per heavy atom. The molecule has 0 aliphatic rings. The number of rotatable bonds is 6. The monoisotopic (exact) mass is 374 g/mol. The average Bonchev–Trinajstić information content (AvgIpc) is 3.05. The summed E-state index contributed by atoms with van der Waals surface area (Å²) < 4.78 is 7.68. The smallest absolute Gasteiger partial charge is 0.335 e. The number of aryl methyl sites for hydroxylation is 1. The lowest BCUT2D eigenvalue weighted by Gasteiger charge is -2.12. The lowest BCUT2D eigenvalue weighted by Crippen LogP contribution is -2.04. The number of aromatic carboxylic acids is 1. The number of methoxy groups -OCH3 is 1. The Morgan fingerprint density at radius 2 is 1.82 bits per heavy atom. The Labute approximate surface area is 163 Å². The van der Waals surface area contributed by atoms with Crippen LogP contribution in [0.5, 0.6) is 5.75 Å². The highest BCUT2D eigenvalue weighted by atomic mass is 16.5. The lowest BCUT2D eigenvalue weighted by molar-refractivity contribution is 0.0697. The number of hydrogen-bond donors (Lipinski definition) is 2. The molecule has 4 rings (SSSR count). The van der Waals surface area contributed by atoms with E-state index in [1.807, 2.05) is 0 Å². The zero-order valence-corrected chi connectivity index (χ0v) is 15.9. The third-order valence-electron chi connectivity index (χ3n) is 5.08. The van der Waals surface area contributed by atoms with Crippen molar-refractivity contribution in [2.24, 2.45) is 0 Å². The topological polar surface area (TPSA) is 63.5 Å². The molecule has 5 heteroatoms.